The number of hydrogen-bond donors (Lipinski definition) is 0. The van der Waals surface area contributed by atoms with Crippen molar-refractivity contribution in [3.63, 3.8) is 0 Å². The van der Waals surface area contributed by atoms with Crippen molar-refractivity contribution in [2.24, 2.45) is 5.92 Å². The van der Waals surface area contributed by atoms with Crippen LogP contribution in [-0.4, -0.2) is 8.07 Å². The van der Waals surface area contributed by atoms with Crippen molar-refractivity contribution in [3.8, 4) is 0 Å². The molecule has 1 aliphatic carbocycles. The summed E-state index contributed by atoms with van der Waals surface area (Å²) in [7, 11) is -2.71. The largest absolute Gasteiger partial charge is 0.176 e. The topological polar surface area (TPSA) is 0 Å². The second-order valence-electron chi connectivity index (χ2n) is 13.9. The zero-order chi connectivity index (χ0) is 33.8. The number of rotatable bonds is 10. The molecule has 1 atom stereocenters. The molecule has 49 heavy (non-hydrogen) atoms. The molecule has 0 aliphatic heterocycles. The smallest absolute Gasteiger partial charge is 0.0636 e. The van der Waals surface area contributed by atoms with E-state index >= 15 is 0 Å². The Labute approximate surface area is 294 Å². The third-order valence-corrected chi connectivity index (χ3v) is 16.2. The van der Waals surface area contributed by atoms with Gasteiger partial charge < -0.3 is 0 Å². The highest BCUT2D eigenvalue weighted by molar-refractivity contribution is 7.16. The number of benzene rings is 6. The first-order valence-corrected chi connectivity index (χ1v) is 19.7. The van der Waals surface area contributed by atoms with Gasteiger partial charge in [-0.15, -0.1) is 0 Å². The average Bonchev–Trinajstić information content (AvgIpc) is 3.34. The highest BCUT2D eigenvalue weighted by Crippen LogP contribution is 2.41. The molecular formula is C48H46Si. The van der Waals surface area contributed by atoms with Crippen molar-refractivity contribution in [2.45, 2.75) is 47.0 Å². The van der Waals surface area contributed by atoms with Crippen LogP contribution in [0.3, 0.4) is 0 Å². The predicted octanol–water partition coefficient (Wildman–Crippen LogP) is 9.77. The van der Waals surface area contributed by atoms with Crippen LogP contribution in [0.2, 0.25) is 0 Å². The first-order chi connectivity index (χ1) is 23.9. The fraction of sp³-hybridized carbons (Fsp3) is 0.167. The van der Waals surface area contributed by atoms with E-state index in [1.807, 2.05) is 0 Å². The van der Waals surface area contributed by atoms with Crippen LogP contribution in [0.1, 0.15) is 61.1 Å². The Hall–Kier alpha value is -4.98. The first-order valence-electron chi connectivity index (χ1n) is 17.7. The highest BCUT2D eigenvalue weighted by atomic mass is 28.3. The Morgan fingerprint density at radius 1 is 0.367 bits per heavy atom. The Balaban J connectivity index is 1.39. The summed E-state index contributed by atoms with van der Waals surface area (Å²) < 4.78 is 0. The van der Waals surface area contributed by atoms with Gasteiger partial charge in [0.15, 0.2) is 8.07 Å². The highest BCUT2D eigenvalue weighted by Gasteiger charge is 2.48. The van der Waals surface area contributed by atoms with Gasteiger partial charge in [0.25, 0.3) is 0 Å². The first kappa shape index (κ1) is 32.6. The summed E-state index contributed by atoms with van der Waals surface area (Å²) in [6, 6.07) is 61.6. The summed E-state index contributed by atoms with van der Waals surface area (Å²) in [6.45, 7) is 9.52. The molecule has 0 heterocycles. The van der Waals surface area contributed by atoms with Gasteiger partial charge in [-0.2, -0.15) is 0 Å². The number of hydrogen-bond acceptors (Lipinski definition) is 0. The molecule has 1 unspecified atom stereocenters. The number of allylic oxidation sites excluding steroid dienone is 4. The predicted molar refractivity (Wildman–Crippen MR) is 212 cm³/mol. The molecule has 0 aromatic heterocycles. The molecular weight excluding hydrogens is 605 g/mol. The monoisotopic (exact) mass is 650 g/mol. The van der Waals surface area contributed by atoms with Crippen molar-refractivity contribution in [3.05, 3.63) is 219 Å². The van der Waals surface area contributed by atoms with Crippen molar-refractivity contribution < 1.29 is 0 Å². The maximum atomic E-state index is 2.47. The minimum Gasteiger partial charge on any atom is -0.0636 e. The molecule has 0 saturated carbocycles. The van der Waals surface area contributed by atoms with E-state index in [9.17, 15) is 0 Å². The SMILES string of the molecule is CC1=C(C)C(C)C([Si](c2ccc(Cc3ccccc3)cc2)(c2ccc(Cc3ccccc3)cc2)c2ccc(Cc3ccccc3)cc2)=C1C. The molecule has 0 radical (unpaired) electrons. The van der Waals surface area contributed by atoms with Gasteiger partial charge in [-0.05, 0) is 100 Å². The van der Waals surface area contributed by atoms with Gasteiger partial charge in [0.2, 0.25) is 0 Å². The van der Waals surface area contributed by atoms with Crippen LogP contribution in [0.25, 0.3) is 0 Å². The van der Waals surface area contributed by atoms with Gasteiger partial charge in [0.1, 0.15) is 0 Å². The lowest BCUT2D eigenvalue weighted by Gasteiger charge is -2.39. The molecule has 6 aromatic rings. The quantitative estimate of drug-likeness (QED) is 0.102. The van der Waals surface area contributed by atoms with Crippen molar-refractivity contribution in [2.75, 3.05) is 0 Å². The normalized spacial score (nSPS) is 14.8. The van der Waals surface area contributed by atoms with E-state index in [1.165, 1.54) is 65.7 Å². The molecule has 7 rings (SSSR count). The van der Waals surface area contributed by atoms with Crippen LogP contribution in [0.15, 0.2) is 186 Å². The maximum absolute atomic E-state index is 2.71. The molecule has 1 heteroatoms. The van der Waals surface area contributed by atoms with Crippen LogP contribution in [0.5, 0.6) is 0 Å². The van der Waals surface area contributed by atoms with Crippen LogP contribution in [0, 0.1) is 5.92 Å². The summed E-state index contributed by atoms with van der Waals surface area (Å²) in [5.41, 5.74) is 12.5. The van der Waals surface area contributed by atoms with Crippen molar-refractivity contribution in [1.29, 1.82) is 0 Å². The van der Waals surface area contributed by atoms with Crippen LogP contribution in [-0.2, 0) is 19.3 Å². The molecule has 0 amide bonds. The molecule has 0 fully saturated rings. The van der Waals surface area contributed by atoms with Gasteiger partial charge in [-0.3, -0.25) is 0 Å². The second-order valence-corrected chi connectivity index (χ2v) is 17.7. The maximum Gasteiger partial charge on any atom is 0.176 e. The Bertz CT molecular complexity index is 1860. The molecule has 0 saturated heterocycles. The minimum atomic E-state index is -2.71. The lowest BCUT2D eigenvalue weighted by molar-refractivity contribution is 0.851. The van der Waals surface area contributed by atoms with E-state index in [1.54, 1.807) is 5.20 Å². The van der Waals surface area contributed by atoms with E-state index in [4.69, 9.17) is 0 Å². The van der Waals surface area contributed by atoms with E-state index in [0.717, 1.165) is 19.3 Å². The average molecular weight is 651 g/mol. The fourth-order valence-corrected chi connectivity index (χ4v) is 13.6. The lowest BCUT2D eigenvalue weighted by atomic mass is 10.0. The van der Waals surface area contributed by atoms with Crippen LogP contribution < -0.4 is 15.6 Å². The van der Waals surface area contributed by atoms with Crippen molar-refractivity contribution in [1.82, 2.24) is 0 Å². The Morgan fingerprint density at radius 3 is 0.918 bits per heavy atom. The Kier molecular flexibility index (Phi) is 9.46. The summed E-state index contributed by atoms with van der Waals surface area (Å²) in [4.78, 5) is 0. The third-order valence-electron chi connectivity index (χ3n) is 11.0. The van der Waals surface area contributed by atoms with Crippen molar-refractivity contribution >= 4 is 23.6 Å². The summed E-state index contributed by atoms with van der Waals surface area (Å²) >= 11 is 0. The molecule has 0 N–H and O–H groups in total. The summed E-state index contributed by atoms with van der Waals surface area (Å²) in [5, 5.41) is 6.00. The molecule has 1 aliphatic rings. The zero-order valence-corrected chi connectivity index (χ0v) is 30.3. The Morgan fingerprint density at radius 2 is 0.653 bits per heavy atom. The molecule has 0 bridgehead atoms. The standard InChI is InChI=1S/C48H46Si/c1-35-36(2)38(4)48(37(35)3)49(45-26-20-42(21-27-45)32-39-14-8-5-9-15-39,46-28-22-43(23-29-46)33-40-16-10-6-11-17-40)47-30-24-44(25-31-47)34-41-18-12-7-13-19-41/h5-31,37H,32-34H2,1-4H3. The van der Waals surface area contributed by atoms with Gasteiger partial charge in [0, 0.05) is 0 Å². The zero-order valence-electron chi connectivity index (χ0n) is 29.3. The minimum absolute atomic E-state index is 0.378. The van der Waals surface area contributed by atoms with Gasteiger partial charge in [-0.1, -0.05) is 187 Å². The van der Waals surface area contributed by atoms with E-state index in [0.29, 0.717) is 5.92 Å². The molecule has 242 valence electrons. The van der Waals surface area contributed by atoms with Gasteiger partial charge >= 0.3 is 0 Å². The second kappa shape index (κ2) is 14.2. The molecule has 6 aromatic carbocycles. The third kappa shape index (κ3) is 6.56. The van der Waals surface area contributed by atoms with E-state index in [2.05, 4.69) is 191 Å². The van der Waals surface area contributed by atoms with E-state index < -0.39 is 8.07 Å². The fourth-order valence-electron chi connectivity index (χ4n) is 8.05. The van der Waals surface area contributed by atoms with Gasteiger partial charge in [0.05, 0.1) is 0 Å². The summed E-state index contributed by atoms with van der Waals surface area (Å²) in [6.07, 6.45) is 2.82. The van der Waals surface area contributed by atoms with Gasteiger partial charge in [-0.25, -0.2) is 0 Å². The molecule has 0 nitrogen and oxygen atoms in total. The van der Waals surface area contributed by atoms with Crippen LogP contribution >= 0.6 is 0 Å². The summed E-state index contributed by atoms with van der Waals surface area (Å²) in [5.74, 6) is 0.378. The molecule has 0 spiro atoms. The van der Waals surface area contributed by atoms with Crippen LogP contribution in [0.4, 0.5) is 0 Å². The lowest BCUT2D eigenvalue weighted by Crippen LogP contribution is -2.69. The van der Waals surface area contributed by atoms with E-state index in [-0.39, 0.29) is 0 Å².